The predicted molar refractivity (Wildman–Crippen MR) is 92.1 cm³/mol. The Morgan fingerprint density at radius 3 is 2.88 bits per heavy atom. The third kappa shape index (κ3) is 4.11. The fourth-order valence-electron chi connectivity index (χ4n) is 2.58. The van der Waals surface area contributed by atoms with Crippen molar-refractivity contribution in [3.8, 4) is 0 Å². The van der Waals surface area contributed by atoms with E-state index in [0.717, 1.165) is 19.6 Å². The molecular formula is C16H22ClN5O2. The van der Waals surface area contributed by atoms with Gasteiger partial charge in [-0.2, -0.15) is 4.98 Å². The SMILES string of the molecule is CC(NC(=O)c1ccccc1)c1nc(C2CNCCN2C)no1.Cl. The first-order chi connectivity index (χ1) is 11.1. The van der Waals surface area contributed by atoms with Crippen molar-refractivity contribution in [2.24, 2.45) is 0 Å². The number of aromatic nitrogens is 2. The molecule has 0 spiro atoms. The summed E-state index contributed by atoms with van der Waals surface area (Å²) in [7, 11) is 2.04. The molecule has 1 aliphatic heterocycles. The van der Waals surface area contributed by atoms with Gasteiger partial charge in [0.1, 0.15) is 6.04 Å². The lowest BCUT2D eigenvalue weighted by molar-refractivity contribution is 0.0932. The molecule has 0 bridgehead atoms. The van der Waals surface area contributed by atoms with Crippen LogP contribution in [0.1, 0.15) is 41.1 Å². The van der Waals surface area contributed by atoms with Crippen LogP contribution < -0.4 is 10.6 Å². The van der Waals surface area contributed by atoms with Crippen molar-refractivity contribution in [1.82, 2.24) is 25.7 Å². The van der Waals surface area contributed by atoms with Gasteiger partial charge in [-0.1, -0.05) is 23.4 Å². The minimum Gasteiger partial charge on any atom is -0.341 e. The van der Waals surface area contributed by atoms with Crippen LogP contribution in [0, 0.1) is 0 Å². The zero-order valence-electron chi connectivity index (χ0n) is 13.7. The number of likely N-dealkylation sites (N-methyl/N-ethyl adjacent to an activating group) is 1. The summed E-state index contributed by atoms with van der Waals surface area (Å²) in [6.45, 7) is 4.53. The molecular weight excluding hydrogens is 330 g/mol. The molecule has 1 aromatic carbocycles. The van der Waals surface area contributed by atoms with E-state index in [1.165, 1.54) is 0 Å². The molecule has 1 aliphatic rings. The van der Waals surface area contributed by atoms with Gasteiger partial charge in [0.15, 0.2) is 5.82 Å². The Bertz CT molecular complexity index is 663. The monoisotopic (exact) mass is 351 g/mol. The van der Waals surface area contributed by atoms with Crippen LogP contribution in [0.15, 0.2) is 34.9 Å². The van der Waals surface area contributed by atoms with Gasteiger partial charge in [-0.3, -0.25) is 9.69 Å². The zero-order chi connectivity index (χ0) is 16.2. The first-order valence-electron chi connectivity index (χ1n) is 7.75. The number of carbonyl (C=O) groups excluding carboxylic acids is 1. The summed E-state index contributed by atoms with van der Waals surface area (Å²) in [6, 6.07) is 8.82. The van der Waals surface area contributed by atoms with E-state index >= 15 is 0 Å². The molecule has 1 fully saturated rings. The second-order valence-corrected chi connectivity index (χ2v) is 5.75. The number of hydrogen-bond acceptors (Lipinski definition) is 6. The molecule has 7 nitrogen and oxygen atoms in total. The quantitative estimate of drug-likeness (QED) is 0.869. The minimum absolute atomic E-state index is 0. The van der Waals surface area contributed by atoms with Crippen molar-refractivity contribution in [2.75, 3.05) is 26.7 Å². The van der Waals surface area contributed by atoms with E-state index < -0.39 is 0 Å². The maximum Gasteiger partial charge on any atom is 0.251 e. The van der Waals surface area contributed by atoms with E-state index in [1.807, 2.05) is 32.2 Å². The van der Waals surface area contributed by atoms with Gasteiger partial charge in [0.2, 0.25) is 5.89 Å². The van der Waals surface area contributed by atoms with Crippen LogP contribution in [0.25, 0.3) is 0 Å². The molecule has 2 N–H and O–H groups in total. The Morgan fingerprint density at radius 2 is 2.17 bits per heavy atom. The highest BCUT2D eigenvalue weighted by Crippen LogP contribution is 2.20. The number of hydrogen-bond donors (Lipinski definition) is 2. The van der Waals surface area contributed by atoms with Gasteiger partial charge in [-0.25, -0.2) is 0 Å². The molecule has 8 heteroatoms. The Morgan fingerprint density at radius 1 is 1.42 bits per heavy atom. The molecule has 2 atom stereocenters. The number of nitrogens with zero attached hydrogens (tertiary/aromatic N) is 3. The number of benzene rings is 1. The molecule has 0 aliphatic carbocycles. The fraction of sp³-hybridized carbons (Fsp3) is 0.438. The van der Waals surface area contributed by atoms with Crippen molar-refractivity contribution < 1.29 is 9.32 Å². The van der Waals surface area contributed by atoms with Gasteiger partial charge in [0, 0.05) is 25.2 Å². The third-order valence-electron chi connectivity index (χ3n) is 4.02. The van der Waals surface area contributed by atoms with Crippen LogP contribution in [0.4, 0.5) is 0 Å². The second-order valence-electron chi connectivity index (χ2n) is 5.75. The van der Waals surface area contributed by atoms with Crippen molar-refractivity contribution in [3.63, 3.8) is 0 Å². The van der Waals surface area contributed by atoms with Crippen molar-refractivity contribution in [3.05, 3.63) is 47.6 Å². The van der Waals surface area contributed by atoms with E-state index in [1.54, 1.807) is 12.1 Å². The second kappa shape index (κ2) is 8.23. The maximum absolute atomic E-state index is 12.2. The van der Waals surface area contributed by atoms with Gasteiger partial charge >= 0.3 is 0 Å². The molecule has 1 aromatic heterocycles. The van der Waals surface area contributed by atoms with Crippen LogP contribution in [-0.4, -0.2) is 47.6 Å². The Balaban J connectivity index is 0.00000208. The van der Waals surface area contributed by atoms with Gasteiger partial charge in [0.05, 0.1) is 6.04 Å². The average molecular weight is 352 g/mol. The van der Waals surface area contributed by atoms with Crippen LogP contribution in [0.5, 0.6) is 0 Å². The Kier molecular flexibility index (Phi) is 6.30. The topological polar surface area (TPSA) is 83.3 Å². The number of halogens is 1. The molecule has 2 unspecified atom stereocenters. The first kappa shape index (κ1) is 18.4. The van der Waals surface area contributed by atoms with Gasteiger partial charge in [0.25, 0.3) is 5.91 Å². The van der Waals surface area contributed by atoms with E-state index in [9.17, 15) is 4.79 Å². The van der Waals surface area contributed by atoms with E-state index in [-0.39, 0.29) is 30.4 Å². The summed E-state index contributed by atoms with van der Waals surface area (Å²) >= 11 is 0. The number of piperazine rings is 1. The number of carbonyl (C=O) groups is 1. The Hall–Kier alpha value is -1.96. The molecule has 1 amide bonds. The number of nitrogens with one attached hydrogen (secondary N) is 2. The molecule has 2 heterocycles. The highest BCUT2D eigenvalue weighted by atomic mass is 35.5. The maximum atomic E-state index is 12.2. The highest BCUT2D eigenvalue weighted by molar-refractivity contribution is 5.94. The normalized spacial score (nSPS) is 19.3. The van der Waals surface area contributed by atoms with E-state index in [2.05, 4.69) is 25.7 Å². The highest BCUT2D eigenvalue weighted by Gasteiger charge is 2.26. The largest absolute Gasteiger partial charge is 0.341 e. The van der Waals surface area contributed by atoms with Gasteiger partial charge in [-0.15, -0.1) is 12.4 Å². The molecule has 3 rings (SSSR count). The average Bonchev–Trinajstić information content (AvgIpc) is 3.06. The molecule has 130 valence electrons. The van der Waals surface area contributed by atoms with Gasteiger partial charge in [-0.05, 0) is 26.1 Å². The summed E-state index contributed by atoms with van der Waals surface area (Å²) in [6.07, 6.45) is 0. The van der Waals surface area contributed by atoms with Gasteiger partial charge < -0.3 is 15.2 Å². The zero-order valence-corrected chi connectivity index (χ0v) is 14.5. The molecule has 1 saturated heterocycles. The summed E-state index contributed by atoms with van der Waals surface area (Å²) in [5.74, 6) is 0.910. The standard InChI is InChI=1S/C16H21N5O2.ClH/c1-11(18-15(22)12-6-4-3-5-7-12)16-19-14(20-23-16)13-10-17-8-9-21(13)2;/h3-7,11,13,17H,8-10H2,1-2H3,(H,18,22);1H. The molecule has 0 radical (unpaired) electrons. The summed E-state index contributed by atoms with van der Waals surface area (Å²) in [5, 5.41) is 10.3. The molecule has 0 saturated carbocycles. The molecule has 24 heavy (non-hydrogen) atoms. The first-order valence-corrected chi connectivity index (χ1v) is 7.75. The lowest BCUT2D eigenvalue weighted by Gasteiger charge is -2.30. The van der Waals surface area contributed by atoms with E-state index in [4.69, 9.17) is 4.52 Å². The lowest BCUT2D eigenvalue weighted by Crippen LogP contribution is -2.44. The van der Waals surface area contributed by atoms with E-state index in [0.29, 0.717) is 17.3 Å². The van der Waals surface area contributed by atoms with Crippen LogP contribution in [0.3, 0.4) is 0 Å². The fourth-order valence-corrected chi connectivity index (χ4v) is 2.58. The summed E-state index contributed by atoms with van der Waals surface area (Å²) in [4.78, 5) is 18.8. The van der Waals surface area contributed by atoms with Crippen LogP contribution in [-0.2, 0) is 0 Å². The van der Waals surface area contributed by atoms with Crippen LogP contribution >= 0.6 is 12.4 Å². The van der Waals surface area contributed by atoms with Crippen molar-refractivity contribution >= 4 is 18.3 Å². The predicted octanol–water partition coefficient (Wildman–Crippen LogP) is 1.56. The summed E-state index contributed by atoms with van der Waals surface area (Å²) < 4.78 is 5.33. The van der Waals surface area contributed by atoms with Crippen LogP contribution in [0.2, 0.25) is 0 Å². The minimum atomic E-state index is -0.342. The number of amides is 1. The molecule has 2 aromatic rings. The summed E-state index contributed by atoms with van der Waals surface area (Å²) in [5.41, 5.74) is 0.607. The lowest BCUT2D eigenvalue weighted by atomic mass is 10.2. The Labute approximate surface area is 147 Å². The third-order valence-corrected chi connectivity index (χ3v) is 4.02. The number of rotatable bonds is 4. The smallest absolute Gasteiger partial charge is 0.251 e. The van der Waals surface area contributed by atoms with Crippen molar-refractivity contribution in [1.29, 1.82) is 0 Å². The van der Waals surface area contributed by atoms with Crippen molar-refractivity contribution in [2.45, 2.75) is 19.0 Å².